The summed E-state index contributed by atoms with van der Waals surface area (Å²) >= 11 is 0. The number of phenols is 1. The van der Waals surface area contributed by atoms with Crippen LogP contribution in [0.5, 0.6) is 28.9 Å². The first kappa shape index (κ1) is 29.5. The van der Waals surface area contributed by atoms with E-state index in [1.807, 2.05) is 30.0 Å². The van der Waals surface area contributed by atoms with Crippen LogP contribution in [-0.4, -0.2) is 71.0 Å². The molecular formula is C30H32F2N6O5. The van der Waals surface area contributed by atoms with E-state index in [4.69, 9.17) is 20.6 Å². The van der Waals surface area contributed by atoms with Gasteiger partial charge in [-0.3, -0.25) is 15.2 Å². The highest BCUT2D eigenvalue weighted by atomic mass is 19.1. The molecule has 1 aliphatic carbocycles. The number of nitrogens with two attached hydrogens (primary N) is 1. The number of hydrogen-bond acceptors (Lipinski definition) is 9. The highest BCUT2D eigenvalue weighted by Crippen LogP contribution is 2.39. The number of aliphatic imine (C=N–C) groups is 1. The second-order valence-electron chi connectivity index (χ2n) is 10.6. The molecule has 2 aromatic carbocycles. The number of carbonyl (C=O) groups is 1. The molecule has 1 fully saturated rings. The number of aromatic nitrogens is 1. The molecule has 2 unspecified atom stereocenters. The Labute approximate surface area is 246 Å². The van der Waals surface area contributed by atoms with Gasteiger partial charge in [0, 0.05) is 37.9 Å². The van der Waals surface area contributed by atoms with Crippen LogP contribution < -0.4 is 20.1 Å². The third-order valence-electron chi connectivity index (χ3n) is 7.80. The number of carboxylic acids is 1. The number of rotatable bonds is 9. The molecule has 5 rings (SSSR count). The monoisotopic (exact) mass is 594 g/mol. The number of aromatic hydroxyl groups is 1. The summed E-state index contributed by atoms with van der Waals surface area (Å²) in [5, 5.41) is 27.3. The smallest absolute Gasteiger partial charge is 0.306 e. The summed E-state index contributed by atoms with van der Waals surface area (Å²) in [6, 6.07) is 9.01. The Morgan fingerprint density at radius 2 is 1.95 bits per heavy atom. The molecule has 5 N–H and O–H groups in total. The maximum absolute atomic E-state index is 15.6. The Morgan fingerprint density at radius 1 is 1.16 bits per heavy atom. The predicted molar refractivity (Wildman–Crippen MR) is 156 cm³/mol. The Morgan fingerprint density at radius 3 is 2.65 bits per heavy atom. The minimum atomic E-state index is -1.25. The van der Waals surface area contributed by atoms with Crippen LogP contribution in [0.2, 0.25) is 0 Å². The summed E-state index contributed by atoms with van der Waals surface area (Å²) < 4.78 is 41.9. The summed E-state index contributed by atoms with van der Waals surface area (Å²) in [5.74, 6) is -5.15. The van der Waals surface area contributed by atoms with Crippen molar-refractivity contribution in [3.8, 4) is 28.9 Å². The van der Waals surface area contributed by atoms with Crippen molar-refractivity contribution < 1.29 is 33.3 Å². The fourth-order valence-corrected chi connectivity index (χ4v) is 5.35. The molecule has 13 heteroatoms. The highest BCUT2D eigenvalue weighted by Gasteiger charge is 2.30. The van der Waals surface area contributed by atoms with Gasteiger partial charge in [-0.2, -0.15) is 4.39 Å². The minimum Gasteiger partial charge on any atom is -0.504 e. The number of nitrogens with zero attached hydrogens (tertiary/aromatic N) is 4. The molecular weight excluding hydrogens is 562 g/mol. The number of benzene rings is 2. The number of phenolic OH excluding ortho intramolecular Hbond substituents is 1. The zero-order valence-corrected chi connectivity index (χ0v) is 23.7. The van der Waals surface area contributed by atoms with E-state index in [1.165, 1.54) is 18.2 Å². The van der Waals surface area contributed by atoms with Crippen molar-refractivity contribution in [2.24, 2.45) is 16.6 Å². The third-order valence-corrected chi connectivity index (χ3v) is 7.80. The highest BCUT2D eigenvalue weighted by molar-refractivity contribution is 6.03. The van der Waals surface area contributed by atoms with E-state index in [2.05, 4.69) is 9.98 Å². The summed E-state index contributed by atoms with van der Waals surface area (Å²) in [5.41, 5.74) is 6.99. The van der Waals surface area contributed by atoms with Crippen LogP contribution in [0.4, 0.5) is 14.5 Å². The molecule has 226 valence electrons. The molecule has 2 atom stereocenters. The Balaban J connectivity index is 1.48. The lowest BCUT2D eigenvalue weighted by atomic mass is 9.85. The normalized spacial score (nSPS) is 18.2. The largest absolute Gasteiger partial charge is 0.504 e. The van der Waals surface area contributed by atoms with Gasteiger partial charge in [-0.1, -0.05) is 6.42 Å². The predicted octanol–water partition coefficient (Wildman–Crippen LogP) is 4.71. The van der Waals surface area contributed by atoms with Gasteiger partial charge in [-0.25, -0.2) is 9.37 Å². The van der Waals surface area contributed by atoms with E-state index in [1.54, 1.807) is 12.1 Å². The molecule has 3 aromatic rings. The number of ether oxygens (including phenoxy) is 2. The molecule has 1 aromatic heterocycles. The summed E-state index contributed by atoms with van der Waals surface area (Å²) in [6.45, 7) is 1.18. The van der Waals surface area contributed by atoms with Gasteiger partial charge in [-0.05, 0) is 55.7 Å². The molecule has 11 nitrogen and oxygen atoms in total. The Hall–Kier alpha value is -4.94. The summed E-state index contributed by atoms with van der Waals surface area (Å²) in [6.07, 6.45) is 3.55. The number of aliphatic carboxylic acids is 1. The number of likely N-dealkylation sites (N-methyl/N-ethyl adjacent to an activating group) is 1. The molecule has 2 heterocycles. The average molecular weight is 595 g/mol. The van der Waals surface area contributed by atoms with Crippen molar-refractivity contribution in [2.45, 2.75) is 31.7 Å². The lowest BCUT2D eigenvalue weighted by molar-refractivity contribution is -0.142. The number of hydrogen-bond donors (Lipinski definition) is 4. The van der Waals surface area contributed by atoms with E-state index in [0.29, 0.717) is 37.3 Å². The molecule has 0 radical (unpaired) electrons. The molecule has 43 heavy (non-hydrogen) atoms. The topological polar surface area (TPSA) is 158 Å². The maximum atomic E-state index is 15.6. The average Bonchev–Trinajstić information content (AvgIpc) is 3.42. The van der Waals surface area contributed by atoms with E-state index in [0.717, 1.165) is 24.7 Å². The van der Waals surface area contributed by atoms with Crippen LogP contribution >= 0.6 is 0 Å². The first-order chi connectivity index (χ1) is 20.5. The fraction of sp³-hybridized carbons (Fsp3) is 0.333. The van der Waals surface area contributed by atoms with E-state index in [9.17, 15) is 19.4 Å². The van der Waals surface area contributed by atoms with Crippen molar-refractivity contribution >= 4 is 23.3 Å². The van der Waals surface area contributed by atoms with Gasteiger partial charge >= 0.3 is 5.97 Å². The third kappa shape index (κ3) is 6.15. The van der Waals surface area contributed by atoms with Gasteiger partial charge in [0.05, 0.1) is 24.2 Å². The molecule has 1 saturated carbocycles. The van der Waals surface area contributed by atoms with Gasteiger partial charge in [0.15, 0.2) is 17.3 Å². The van der Waals surface area contributed by atoms with Crippen LogP contribution in [0.25, 0.3) is 0 Å². The number of nitrogen functional groups attached to an aromatic ring is 1. The van der Waals surface area contributed by atoms with Gasteiger partial charge in [0.25, 0.3) is 5.88 Å². The SMILES string of the molecule is CN1CCN=C1c1cc(N(C)C2CCCC(C(=O)O)C2)ccc1Oc1c(F)cnc(Oc2cc(C(=N)N)ccc2O)c1F. The number of pyridine rings is 1. The maximum Gasteiger partial charge on any atom is 0.306 e. The van der Waals surface area contributed by atoms with Gasteiger partial charge in [0.1, 0.15) is 17.4 Å². The standard InChI is InChI=1S/C30H32F2N6O5/c1-37-11-10-35-28(37)20-14-19(38(2)18-5-3-4-17(12-18)30(40)41)7-9-23(20)42-26-21(31)15-36-29(25(26)32)43-24-13-16(27(33)34)6-8-22(24)39/h6-9,13-15,17-18,39H,3-5,10-12H2,1-2H3,(H3,33,34)(H,40,41). The van der Waals surface area contributed by atoms with Crippen molar-refractivity contribution in [2.75, 3.05) is 32.1 Å². The number of amidine groups is 2. The number of nitrogens with one attached hydrogen (secondary N) is 1. The molecule has 0 amide bonds. The van der Waals surface area contributed by atoms with Crippen LogP contribution in [0.1, 0.15) is 36.8 Å². The first-order valence-corrected chi connectivity index (χ1v) is 13.8. The molecule has 0 saturated heterocycles. The van der Waals surface area contributed by atoms with E-state index in [-0.39, 0.29) is 34.7 Å². The van der Waals surface area contributed by atoms with E-state index >= 15 is 4.39 Å². The van der Waals surface area contributed by atoms with Crippen LogP contribution in [0.15, 0.2) is 47.6 Å². The lowest BCUT2D eigenvalue weighted by Gasteiger charge is -2.35. The van der Waals surface area contributed by atoms with Crippen molar-refractivity contribution in [1.82, 2.24) is 9.88 Å². The zero-order valence-electron chi connectivity index (χ0n) is 23.7. The molecule has 1 aliphatic heterocycles. The number of carboxylic acid groups (broad SMARTS) is 1. The Bertz CT molecular complexity index is 1600. The Kier molecular flexibility index (Phi) is 8.33. The van der Waals surface area contributed by atoms with Crippen LogP contribution in [0.3, 0.4) is 0 Å². The summed E-state index contributed by atoms with van der Waals surface area (Å²) in [7, 11) is 3.75. The first-order valence-electron chi connectivity index (χ1n) is 13.8. The lowest BCUT2D eigenvalue weighted by Crippen LogP contribution is -2.38. The zero-order chi connectivity index (χ0) is 30.8. The van der Waals surface area contributed by atoms with Crippen molar-refractivity contribution in [3.63, 3.8) is 0 Å². The number of anilines is 1. The van der Waals surface area contributed by atoms with Gasteiger partial charge in [-0.15, -0.1) is 0 Å². The van der Waals surface area contributed by atoms with Gasteiger partial charge in [0.2, 0.25) is 11.6 Å². The van der Waals surface area contributed by atoms with Crippen molar-refractivity contribution in [3.05, 3.63) is 65.4 Å². The molecule has 0 spiro atoms. The van der Waals surface area contributed by atoms with Crippen LogP contribution in [0, 0.1) is 23.0 Å². The fourth-order valence-electron chi connectivity index (χ4n) is 5.35. The summed E-state index contributed by atoms with van der Waals surface area (Å²) in [4.78, 5) is 23.8. The minimum absolute atomic E-state index is 0.00503. The molecule has 0 bridgehead atoms. The quantitative estimate of drug-likeness (QED) is 0.203. The number of halogens is 2. The second-order valence-corrected chi connectivity index (χ2v) is 10.6. The van der Waals surface area contributed by atoms with Crippen molar-refractivity contribution in [1.29, 1.82) is 5.41 Å². The van der Waals surface area contributed by atoms with Crippen LogP contribution in [-0.2, 0) is 4.79 Å². The van der Waals surface area contributed by atoms with Gasteiger partial charge < -0.3 is 35.2 Å². The second kappa shape index (κ2) is 12.1. The van der Waals surface area contributed by atoms with E-state index < -0.39 is 35.2 Å². The molecule has 2 aliphatic rings.